The molecule has 1 aromatic rings. The maximum absolute atomic E-state index is 5.92. The third-order valence-corrected chi connectivity index (χ3v) is 3.71. The van der Waals surface area contributed by atoms with Crippen LogP contribution in [0.15, 0.2) is 58.6 Å². The van der Waals surface area contributed by atoms with Gasteiger partial charge >= 0.3 is 0 Å². The quantitative estimate of drug-likeness (QED) is 0.688. The SMILES string of the molecule is C=CC/C=C1/Oc2ccc(C)cc2S/C1=C/C. The summed E-state index contributed by atoms with van der Waals surface area (Å²) < 4.78 is 5.92. The fourth-order valence-electron chi connectivity index (χ4n) is 1.65. The van der Waals surface area contributed by atoms with E-state index in [2.05, 4.69) is 37.8 Å². The van der Waals surface area contributed by atoms with E-state index < -0.39 is 0 Å². The van der Waals surface area contributed by atoms with Crippen LogP contribution in [-0.4, -0.2) is 0 Å². The van der Waals surface area contributed by atoms with Crippen LogP contribution < -0.4 is 4.74 Å². The van der Waals surface area contributed by atoms with Crippen molar-refractivity contribution in [2.45, 2.75) is 25.2 Å². The lowest BCUT2D eigenvalue weighted by Gasteiger charge is -2.21. The smallest absolute Gasteiger partial charge is 0.141 e. The highest BCUT2D eigenvalue weighted by atomic mass is 32.2. The molecule has 1 heterocycles. The number of fused-ring (bicyclic) bond motifs is 1. The fourth-order valence-corrected chi connectivity index (χ4v) is 2.69. The summed E-state index contributed by atoms with van der Waals surface area (Å²) in [6.07, 6.45) is 6.86. The van der Waals surface area contributed by atoms with Crippen molar-refractivity contribution in [3.8, 4) is 5.75 Å². The topological polar surface area (TPSA) is 9.23 Å². The number of thioether (sulfide) groups is 1. The molecule has 2 heteroatoms. The standard InChI is InChI=1S/C15H16OS/c1-4-6-7-12-14(5-2)17-15-10-11(3)8-9-13(15)16-12/h4-5,7-10H,1,6H2,2-3H3/b12-7+,14-5+. The van der Waals surface area contributed by atoms with Gasteiger partial charge in [-0.05, 0) is 44.0 Å². The van der Waals surface area contributed by atoms with Gasteiger partial charge in [-0.1, -0.05) is 30.0 Å². The van der Waals surface area contributed by atoms with E-state index in [4.69, 9.17) is 4.74 Å². The molecule has 88 valence electrons. The first-order valence-corrected chi connectivity index (χ1v) is 6.50. The zero-order chi connectivity index (χ0) is 12.3. The summed E-state index contributed by atoms with van der Waals surface area (Å²) in [5.41, 5.74) is 1.26. The minimum Gasteiger partial charge on any atom is -0.455 e. The summed E-state index contributed by atoms with van der Waals surface area (Å²) in [6, 6.07) is 6.27. The van der Waals surface area contributed by atoms with Crippen molar-refractivity contribution in [3.63, 3.8) is 0 Å². The molecular weight excluding hydrogens is 228 g/mol. The average molecular weight is 244 g/mol. The summed E-state index contributed by atoms with van der Waals surface area (Å²) in [4.78, 5) is 2.36. The summed E-state index contributed by atoms with van der Waals surface area (Å²) in [5, 5.41) is 0. The molecular formula is C15H16OS. The van der Waals surface area contributed by atoms with Gasteiger partial charge in [-0.25, -0.2) is 0 Å². The molecule has 0 aliphatic carbocycles. The van der Waals surface area contributed by atoms with Crippen LogP contribution in [-0.2, 0) is 0 Å². The normalized spacial score (nSPS) is 18.9. The number of hydrogen-bond acceptors (Lipinski definition) is 2. The molecule has 0 radical (unpaired) electrons. The number of ether oxygens (including phenoxy) is 1. The second-order valence-electron chi connectivity index (χ2n) is 3.90. The Morgan fingerprint density at radius 3 is 2.94 bits per heavy atom. The molecule has 0 amide bonds. The van der Waals surface area contributed by atoms with E-state index in [0.29, 0.717) is 0 Å². The van der Waals surface area contributed by atoms with Gasteiger partial charge in [0.2, 0.25) is 0 Å². The Bertz CT molecular complexity index is 498. The Labute approximate surface area is 107 Å². The molecule has 0 N–H and O–H groups in total. The lowest BCUT2D eigenvalue weighted by Crippen LogP contribution is -2.03. The second kappa shape index (κ2) is 5.28. The highest BCUT2D eigenvalue weighted by Crippen LogP contribution is 2.44. The predicted octanol–water partition coefficient (Wildman–Crippen LogP) is 4.84. The van der Waals surface area contributed by atoms with E-state index in [1.807, 2.05) is 19.1 Å². The Morgan fingerprint density at radius 1 is 1.41 bits per heavy atom. The summed E-state index contributed by atoms with van der Waals surface area (Å²) in [7, 11) is 0. The molecule has 0 saturated heterocycles. The Kier molecular flexibility index (Phi) is 3.75. The molecule has 0 saturated carbocycles. The van der Waals surface area contributed by atoms with Crippen molar-refractivity contribution in [2.24, 2.45) is 0 Å². The third-order valence-electron chi connectivity index (χ3n) is 2.51. The van der Waals surface area contributed by atoms with Crippen LogP contribution in [0, 0.1) is 6.92 Å². The van der Waals surface area contributed by atoms with Crippen LogP contribution in [0.4, 0.5) is 0 Å². The van der Waals surface area contributed by atoms with Gasteiger partial charge in [0.05, 0.1) is 9.80 Å². The zero-order valence-corrected chi connectivity index (χ0v) is 11.0. The van der Waals surface area contributed by atoms with Crippen molar-refractivity contribution in [1.29, 1.82) is 0 Å². The maximum Gasteiger partial charge on any atom is 0.141 e. The van der Waals surface area contributed by atoms with Crippen LogP contribution in [0.25, 0.3) is 0 Å². The molecule has 0 fully saturated rings. The van der Waals surface area contributed by atoms with Crippen molar-refractivity contribution in [3.05, 3.63) is 59.2 Å². The molecule has 1 aliphatic rings. The van der Waals surface area contributed by atoms with Crippen LogP contribution in [0.5, 0.6) is 5.75 Å². The van der Waals surface area contributed by atoms with Crippen LogP contribution in [0.1, 0.15) is 18.9 Å². The van der Waals surface area contributed by atoms with Gasteiger partial charge in [-0.3, -0.25) is 0 Å². The molecule has 0 unspecified atom stereocenters. The van der Waals surface area contributed by atoms with Crippen LogP contribution in [0.2, 0.25) is 0 Å². The fraction of sp³-hybridized carbons (Fsp3) is 0.200. The van der Waals surface area contributed by atoms with Crippen molar-refractivity contribution in [1.82, 2.24) is 0 Å². The first kappa shape index (κ1) is 12.1. The molecule has 2 rings (SSSR count). The van der Waals surface area contributed by atoms with E-state index in [-0.39, 0.29) is 0 Å². The van der Waals surface area contributed by atoms with Crippen molar-refractivity contribution >= 4 is 11.8 Å². The molecule has 1 aliphatic heterocycles. The van der Waals surface area contributed by atoms with E-state index in [0.717, 1.165) is 17.9 Å². The maximum atomic E-state index is 5.92. The van der Waals surface area contributed by atoms with Gasteiger partial charge in [0.1, 0.15) is 11.5 Å². The summed E-state index contributed by atoms with van der Waals surface area (Å²) in [6.45, 7) is 7.86. The second-order valence-corrected chi connectivity index (χ2v) is 4.98. The number of benzene rings is 1. The average Bonchev–Trinajstić information content (AvgIpc) is 2.35. The lowest BCUT2D eigenvalue weighted by atomic mass is 10.2. The number of hydrogen-bond donors (Lipinski definition) is 0. The summed E-state index contributed by atoms with van der Waals surface area (Å²) >= 11 is 1.76. The molecule has 1 aromatic carbocycles. The van der Waals surface area contributed by atoms with Crippen molar-refractivity contribution < 1.29 is 4.74 Å². The molecule has 0 atom stereocenters. The highest BCUT2D eigenvalue weighted by Gasteiger charge is 2.19. The third kappa shape index (κ3) is 2.64. The molecule has 0 bridgehead atoms. The minimum absolute atomic E-state index is 0.828. The zero-order valence-electron chi connectivity index (χ0n) is 10.2. The van der Waals surface area contributed by atoms with Crippen LogP contribution >= 0.6 is 11.8 Å². The van der Waals surface area contributed by atoms with Gasteiger partial charge in [0.25, 0.3) is 0 Å². The van der Waals surface area contributed by atoms with E-state index in [1.165, 1.54) is 15.4 Å². The molecule has 0 aromatic heterocycles. The molecule has 0 spiro atoms. The first-order chi connectivity index (χ1) is 8.24. The molecule has 1 nitrogen and oxygen atoms in total. The van der Waals surface area contributed by atoms with Gasteiger partial charge in [-0.15, -0.1) is 6.58 Å². The Hall–Kier alpha value is -1.41. The number of rotatable bonds is 2. The monoisotopic (exact) mass is 244 g/mol. The largest absolute Gasteiger partial charge is 0.455 e. The van der Waals surface area contributed by atoms with Gasteiger partial charge in [0.15, 0.2) is 0 Å². The predicted molar refractivity (Wildman–Crippen MR) is 74.3 cm³/mol. The number of allylic oxidation sites excluding steroid dienone is 3. The minimum atomic E-state index is 0.828. The van der Waals surface area contributed by atoms with Gasteiger partial charge in [-0.2, -0.15) is 0 Å². The van der Waals surface area contributed by atoms with Crippen LogP contribution in [0.3, 0.4) is 0 Å². The van der Waals surface area contributed by atoms with E-state index in [9.17, 15) is 0 Å². The van der Waals surface area contributed by atoms with Gasteiger partial charge in [0, 0.05) is 0 Å². The lowest BCUT2D eigenvalue weighted by molar-refractivity contribution is 0.425. The summed E-state index contributed by atoms with van der Waals surface area (Å²) in [5.74, 6) is 1.88. The van der Waals surface area contributed by atoms with E-state index >= 15 is 0 Å². The highest BCUT2D eigenvalue weighted by molar-refractivity contribution is 8.03. The number of aryl methyl sites for hydroxylation is 1. The Balaban J connectivity index is 2.37. The van der Waals surface area contributed by atoms with Gasteiger partial charge < -0.3 is 4.74 Å². The Morgan fingerprint density at radius 2 is 2.24 bits per heavy atom. The molecule has 17 heavy (non-hydrogen) atoms. The van der Waals surface area contributed by atoms with Crippen molar-refractivity contribution in [2.75, 3.05) is 0 Å². The first-order valence-electron chi connectivity index (χ1n) is 5.68. The van der Waals surface area contributed by atoms with E-state index in [1.54, 1.807) is 11.8 Å².